The van der Waals surface area contributed by atoms with Gasteiger partial charge in [0.05, 0.1) is 29.6 Å². The summed E-state index contributed by atoms with van der Waals surface area (Å²) in [6.45, 7) is 1.74. The van der Waals surface area contributed by atoms with Crippen molar-refractivity contribution in [1.29, 1.82) is 0 Å². The number of pyridine rings is 1. The number of hydrogen-bond donors (Lipinski definition) is 2. The van der Waals surface area contributed by atoms with Crippen molar-refractivity contribution in [3.63, 3.8) is 0 Å². The summed E-state index contributed by atoms with van der Waals surface area (Å²) in [5.41, 5.74) is 2.89. The number of ether oxygens (including phenoxy) is 1. The lowest BCUT2D eigenvalue weighted by Crippen LogP contribution is -2.31. The number of aromatic nitrogens is 4. The minimum absolute atomic E-state index is 0.0623. The van der Waals surface area contributed by atoms with E-state index in [1.54, 1.807) is 48.9 Å². The second-order valence-electron chi connectivity index (χ2n) is 7.05. The molecule has 0 saturated carbocycles. The molecule has 0 unspecified atom stereocenters. The Labute approximate surface area is 189 Å². The second-order valence-corrected chi connectivity index (χ2v) is 9.01. The first-order chi connectivity index (χ1) is 15.8. The molecule has 3 aromatic heterocycles. The molecule has 1 aromatic carbocycles. The predicted octanol–water partition coefficient (Wildman–Crippen LogP) is 2.13. The summed E-state index contributed by atoms with van der Waals surface area (Å²) in [6, 6.07) is 11.0. The van der Waals surface area contributed by atoms with Crippen LogP contribution >= 0.6 is 0 Å². The molecule has 0 aliphatic carbocycles. The van der Waals surface area contributed by atoms with E-state index in [4.69, 9.17) is 4.74 Å². The van der Waals surface area contributed by atoms with Gasteiger partial charge in [-0.1, -0.05) is 0 Å². The smallest absolute Gasteiger partial charge is 0.279 e. The molecule has 2 N–H and O–H groups in total. The summed E-state index contributed by atoms with van der Waals surface area (Å²) in [6.07, 6.45) is 4.26. The van der Waals surface area contributed by atoms with Gasteiger partial charge >= 0.3 is 0 Å². The van der Waals surface area contributed by atoms with Crippen LogP contribution in [0.25, 0.3) is 5.65 Å². The van der Waals surface area contributed by atoms with Crippen LogP contribution in [0.5, 0.6) is 5.75 Å². The molecule has 0 aliphatic rings. The van der Waals surface area contributed by atoms with Crippen molar-refractivity contribution in [2.75, 3.05) is 17.9 Å². The molecular weight excluding hydrogens is 448 g/mol. The van der Waals surface area contributed by atoms with E-state index in [0.717, 1.165) is 0 Å². The molecule has 0 aliphatic heterocycles. The number of sulfone groups is 1. The van der Waals surface area contributed by atoms with Crippen LogP contribution in [0.15, 0.2) is 66.0 Å². The first-order valence-corrected chi connectivity index (χ1v) is 11.3. The van der Waals surface area contributed by atoms with Crippen LogP contribution in [0.2, 0.25) is 0 Å². The van der Waals surface area contributed by atoms with Crippen LogP contribution < -0.4 is 15.1 Å². The molecule has 0 spiro atoms. The fraction of sp³-hybridized carbons (Fsp3) is 0.143. The van der Waals surface area contributed by atoms with Gasteiger partial charge in [-0.25, -0.2) is 18.9 Å². The summed E-state index contributed by atoms with van der Waals surface area (Å²) in [5.74, 6) is -0.801. The SMILES string of the molecule is COc1ccc(S(=O)(=O)CN(c2cccnc2)c2c(C(=O)NO)cnc3cc(C)nn23)cc1. The van der Waals surface area contributed by atoms with E-state index < -0.39 is 21.6 Å². The largest absolute Gasteiger partial charge is 0.497 e. The maximum absolute atomic E-state index is 13.4. The first-order valence-electron chi connectivity index (χ1n) is 9.68. The maximum atomic E-state index is 13.4. The van der Waals surface area contributed by atoms with Gasteiger partial charge in [-0.2, -0.15) is 9.61 Å². The van der Waals surface area contributed by atoms with Crippen molar-refractivity contribution >= 4 is 32.9 Å². The van der Waals surface area contributed by atoms with E-state index in [9.17, 15) is 18.4 Å². The number of anilines is 2. The highest BCUT2D eigenvalue weighted by molar-refractivity contribution is 7.91. The van der Waals surface area contributed by atoms with E-state index >= 15 is 0 Å². The maximum Gasteiger partial charge on any atom is 0.279 e. The third kappa shape index (κ3) is 4.33. The van der Waals surface area contributed by atoms with E-state index in [-0.39, 0.29) is 16.3 Å². The van der Waals surface area contributed by atoms with E-state index in [0.29, 0.717) is 22.8 Å². The van der Waals surface area contributed by atoms with Gasteiger partial charge in [0.2, 0.25) is 0 Å². The van der Waals surface area contributed by atoms with Crippen LogP contribution in [-0.2, 0) is 9.84 Å². The fourth-order valence-electron chi connectivity index (χ4n) is 3.32. The topological polar surface area (TPSA) is 139 Å². The van der Waals surface area contributed by atoms with Crippen molar-refractivity contribution in [1.82, 2.24) is 25.1 Å². The van der Waals surface area contributed by atoms with Gasteiger partial charge in [0, 0.05) is 18.5 Å². The molecule has 33 heavy (non-hydrogen) atoms. The Balaban J connectivity index is 1.92. The van der Waals surface area contributed by atoms with Crippen molar-refractivity contribution in [3.05, 3.63) is 72.3 Å². The minimum Gasteiger partial charge on any atom is -0.497 e. The lowest BCUT2D eigenvalue weighted by molar-refractivity contribution is 0.0706. The number of hydrogen-bond acceptors (Lipinski definition) is 9. The highest BCUT2D eigenvalue weighted by Gasteiger charge is 2.28. The summed E-state index contributed by atoms with van der Waals surface area (Å²) < 4.78 is 33.2. The normalized spacial score (nSPS) is 11.4. The van der Waals surface area contributed by atoms with Crippen LogP contribution in [0.3, 0.4) is 0 Å². The summed E-state index contributed by atoms with van der Waals surface area (Å²) >= 11 is 0. The quantitative estimate of drug-likeness (QED) is 0.308. The Kier molecular flexibility index (Phi) is 5.94. The third-order valence-corrected chi connectivity index (χ3v) is 6.45. The van der Waals surface area contributed by atoms with Gasteiger partial charge in [-0.15, -0.1) is 0 Å². The Morgan fingerprint density at radius 3 is 2.61 bits per heavy atom. The molecule has 0 saturated heterocycles. The predicted molar refractivity (Wildman–Crippen MR) is 118 cm³/mol. The number of benzene rings is 1. The summed E-state index contributed by atoms with van der Waals surface area (Å²) in [4.78, 5) is 22.2. The average molecular weight is 468 g/mol. The Morgan fingerprint density at radius 2 is 1.97 bits per heavy atom. The number of amides is 1. The lowest BCUT2D eigenvalue weighted by atomic mass is 10.2. The van der Waals surface area contributed by atoms with Crippen molar-refractivity contribution in [3.8, 4) is 5.75 Å². The Morgan fingerprint density at radius 1 is 1.21 bits per heavy atom. The number of rotatable bonds is 7. The molecule has 3 heterocycles. The number of carbonyl (C=O) groups is 1. The van der Waals surface area contributed by atoms with E-state index in [2.05, 4.69) is 15.1 Å². The van der Waals surface area contributed by atoms with Gasteiger partial charge in [-0.3, -0.25) is 15.0 Å². The Bertz CT molecular complexity index is 1400. The Hall–Kier alpha value is -4.03. The molecule has 0 fully saturated rings. The number of nitrogens with zero attached hydrogens (tertiary/aromatic N) is 5. The number of hydroxylamine groups is 1. The molecule has 0 atom stereocenters. The van der Waals surface area contributed by atoms with Gasteiger partial charge in [0.1, 0.15) is 17.2 Å². The molecule has 0 bridgehead atoms. The lowest BCUT2D eigenvalue weighted by Gasteiger charge is -2.26. The first kappa shape index (κ1) is 22.2. The van der Waals surface area contributed by atoms with Crippen LogP contribution in [0, 0.1) is 6.92 Å². The average Bonchev–Trinajstić information content (AvgIpc) is 3.22. The van der Waals surface area contributed by atoms with Crippen molar-refractivity contribution < 1.29 is 23.2 Å². The summed E-state index contributed by atoms with van der Waals surface area (Å²) in [5, 5.41) is 13.7. The molecule has 170 valence electrons. The monoisotopic (exact) mass is 468 g/mol. The highest BCUT2D eigenvalue weighted by atomic mass is 32.2. The number of fused-ring (bicyclic) bond motifs is 1. The summed E-state index contributed by atoms with van der Waals surface area (Å²) in [7, 11) is -2.42. The molecule has 12 heteroatoms. The van der Waals surface area contributed by atoms with Crippen LogP contribution in [0.1, 0.15) is 16.1 Å². The number of aryl methyl sites for hydroxylation is 1. The zero-order valence-corrected chi connectivity index (χ0v) is 18.5. The van der Waals surface area contributed by atoms with Gasteiger partial charge in [0.25, 0.3) is 5.91 Å². The molecule has 4 aromatic rings. The third-order valence-electron chi connectivity index (χ3n) is 4.86. The molecule has 1 amide bonds. The second kappa shape index (κ2) is 8.84. The van der Waals surface area contributed by atoms with Gasteiger partial charge in [0.15, 0.2) is 21.3 Å². The standard InChI is InChI=1S/C21H20N6O5S/c1-14-10-19-23-12-18(20(28)25-29)21(27(19)24-14)26(15-4-3-9-22-11-15)13-33(30,31)17-7-5-16(32-2)6-8-17/h3-12,29H,13H2,1-2H3,(H,25,28). The van der Waals surface area contributed by atoms with Crippen LogP contribution in [0.4, 0.5) is 11.5 Å². The zero-order valence-electron chi connectivity index (χ0n) is 17.7. The van der Waals surface area contributed by atoms with Crippen molar-refractivity contribution in [2.45, 2.75) is 11.8 Å². The molecule has 0 radical (unpaired) electrons. The van der Waals surface area contributed by atoms with Gasteiger partial charge in [-0.05, 0) is 43.3 Å². The molecule has 4 rings (SSSR count). The number of methoxy groups -OCH3 is 1. The minimum atomic E-state index is -3.90. The van der Waals surface area contributed by atoms with Gasteiger partial charge < -0.3 is 9.64 Å². The van der Waals surface area contributed by atoms with Crippen LogP contribution in [-0.4, -0.2) is 52.1 Å². The zero-order chi connectivity index (χ0) is 23.6. The molecular formula is C21H20N6O5S. The molecule has 11 nitrogen and oxygen atoms in total. The van der Waals surface area contributed by atoms with E-state index in [1.165, 1.54) is 41.1 Å². The number of carbonyl (C=O) groups excluding carboxylic acids is 1. The van der Waals surface area contributed by atoms with E-state index in [1.807, 2.05) is 0 Å². The number of nitrogens with one attached hydrogen (secondary N) is 1. The van der Waals surface area contributed by atoms with Crippen molar-refractivity contribution in [2.24, 2.45) is 0 Å². The fourth-order valence-corrected chi connectivity index (χ4v) is 4.63. The highest BCUT2D eigenvalue weighted by Crippen LogP contribution is 2.31.